The van der Waals surface area contributed by atoms with Crippen LogP contribution in [0.2, 0.25) is 0 Å². The number of benzene rings is 2. The van der Waals surface area contributed by atoms with Crippen LogP contribution in [0.1, 0.15) is 30.4 Å². The third-order valence-corrected chi connectivity index (χ3v) is 6.05. The fraction of sp³-hybridized carbons (Fsp3) is 0.375. The Morgan fingerprint density at radius 3 is 2.34 bits per heavy atom. The molecule has 1 aliphatic heterocycles. The van der Waals surface area contributed by atoms with E-state index in [0.717, 1.165) is 22.3 Å². The molecule has 32 heavy (non-hydrogen) atoms. The zero-order valence-corrected chi connectivity index (χ0v) is 17.7. The molecule has 2 aliphatic rings. The number of amides is 2. The van der Waals surface area contributed by atoms with Crippen molar-refractivity contribution in [2.45, 2.75) is 31.4 Å². The Labute approximate surface area is 185 Å². The van der Waals surface area contributed by atoms with Crippen molar-refractivity contribution in [1.29, 1.82) is 0 Å². The minimum Gasteiger partial charge on any atom is -0.480 e. The van der Waals surface area contributed by atoms with Crippen LogP contribution >= 0.6 is 0 Å². The fourth-order valence-corrected chi connectivity index (χ4v) is 4.35. The second kappa shape index (κ2) is 9.40. The van der Waals surface area contributed by atoms with Gasteiger partial charge in [-0.3, -0.25) is 9.59 Å². The molecule has 0 radical (unpaired) electrons. The van der Waals surface area contributed by atoms with Crippen molar-refractivity contribution >= 4 is 18.0 Å². The van der Waals surface area contributed by atoms with Gasteiger partial charge in [0.15, 0.2) is 0 Å². The number of carbonyl (C=O) groups is 3. The van der Waals surface area contributed by atoms with Crippen LogP contribution in [0.5, 0.6) is 0 Å². The van der Waals surface area contributed by atoms with Crippen LogP contribution in [-0.4, -0.2) is 55.0 Å². The summed E-state index contributed by atoms with van der Waals surface area (Å²) in [6.07, 6.45) is -0.772. The molecule has 0 unspecified atom stereocenters. The third kappa shape index (κ3) is 4.45. The Kier molecular flexibility index (Phi) is 6.41. The summed E-state index contributed by atoms with van der Waals surface area (Å²) in [6, 6.07) is 15.2. The van der Waals surface area contributed by atoms with Gasteiger partial charge in [0.1, 0.15) is 18.8 Å². The highest BCUT2D eigenvalue weighted by atomic mass is 16.5. The van der Waals surface area contributed by atoms with Crippen molar-refractivity contribution in [3.05, 3.63) is 59.7 Å². The van der Waals surface area contributed by atoms with Crippen molar-refractivity contribution in [1.82, 2.24) is 10.6 Å². The molecule has 0 aromatic heterocycles. The Balaban J connectivity index is 1.31. The highest BCUT2D eigenvalue weighted by molar-refractivity contribution is 5.86. The lowest BCUT2D eigenvalue weighted by molar-refractivity contribution is -0.143. The van der Waals surface area contributed by atoms with E-state index in [9.17, 15) is 14.4 Å². The van der Waals surface area contributed by atoms with Crippen molar-refractivity contribution in [3.8, 4) is 11.1 Å². The normalized spacial score (nSPS) is 20.2. The van der Waals surface area contributed by atoms with E-state index in [-0.39, 0.29) is 25.0 Å². The molecule has 1 saturated heterocycles. The molecule has 2 aromatic carbocycles. The standard InChI is InChI=1S/C24H26N2O6/c1-14(23(28)29)26-22(27)21-15(10-11-31-21)12-25-24(30)32-13-20-18-8-4-2-6-16(18)17-7-3-5-9-19(17)20/h2-9,14-15,20-21H,10-13H2,1H3,(H,25,30)(H,26,27)(H,28,29)/t14-,15-,21-/m1/s1. The summed E-state index contributed by atoms with van der Waals surface area (Å²) in [5.41, 5.74) is 4.58. The first-order chi connectivity index (χ1) is 15.5. The van der Waals surface area contributed by atoms with Crippen molar-refractivity contribution < 1.29 is 29.0 Å². The Bertz CT molecular complexity index is 978. The number of hydrogen-bond acceptors (Lipinski definition) is 5. The predicted molar refractivity (Wildman–Crippen MR) is 116 cm³/mol. The lowest BCUT2D eigenvalue weighted by Gasteiger charge is -2.20. The second-order valence-corrected chi connectivity index (χ2v) is 8.12. The van der Waals surface area contributed by atoms with Gasteiger partial charge in [0.2, 0.25) is 5.91 Å². The van der Waals surface area contributed by atoms with E-state index in [1.165, 1.54) is 6.92 Å². The minimum atomic E-state index is -1.12. The first kappa shape index (κ1) is 21.8. The lowest BCUT2D eigenvalue weighted by Crippen LogP contribution is -2.47. The van der Waals surface area contributed by atoms with E-state index in [1.807, 2.05) is 24.3 Å². The summed E-state index contributed by atoms with van der Waals surface area (Å²) < 4.78 is 11.0. The molecule has 1 heterocycles. The van der Waals surface area contributed by atoms with Crippen molar-refractivity contribution in [2.24, 2.45) is 5.92 Å². The van der Waals surface area contributed by atoms with Gasteiger partial charge in [0.25, 0.3) is 0 Å². The molecule has 2 aromatic rings. The van der Waals surface area contributed by atoms with Crippen LogP contribution in [0.15, 0.2) is 48.5 Å². The second-order valence-electron chi connectivity index (χ2n) is 8.12. The number of alkyl carbamates (subject to hydrolysis) is 1. The molecule has 4 rings (SSSR count). The minimum absolute atomic E-state index is 0.0287. The maximum absolute atomic E-state index is 12.4. The highest BCUT2D eigenvalue weighted by Crippen LogP contribution is 2.44. The van der Waals surface area contributed by atoms with E-state index in [1.54, 1.807) is 0 Å². The average molecular weight is 438 g/mol. The number of nitrogens with one attached hydrogen (secondary N) is 2. The predicted octanol–water partition coefficient (Wildman–Crippen LogP) is 2.52. The number of hydrogen-bond donors (Lipinski definition) is 3. The average Bonchev–Trinajstić information content (AvgIpc) is 3.39. The molecule has 1 aliphatic carbocycles. The van der Waals surface area contributed by atoms with Crippen LogP contribution in [0.25, 0.3) is 11.1 Å². The first-order valence-electron chi connectivity index (χ1n) is 10.7. The molecule has 168 valence electrons. The summed E-state index contributed by atoms with van der Waals surface area (Å²) in [7, 11) is 0. The largest absolute Gasteiger partial charge is 0.480 e. The molecule has 8 nitrogen and oxygen atoms in total. The Hall–Kier alpha value is -3.39. The molecular formula is C24H26N2O6. The molecule has 0 spiro atoms. The van der Waals surface area contributed by atoms with Gasteiger partial charge >= 0.3 is 12.1 Å². The third-order valence-electron chi connectivity index (χ3n) is 6.05. The zero-order chi connectivity index (χ0) is 22.7. The maximum Gasteiger partial charge on any atom is 0.407 e. The summed E-state index contributed by atoms with van der Waals surface area (Å²) in [5, 5.41) is 14.1. The summed E-state index contributed by atoms with van der Waals surface area (Å²) in [5.74, 6) is -1.89. The molecule has 0 bridgehead atoms. The maximum atomic E-state index is 12.4. The van der Waals surface area contributed by atoms with Gasteiger partial charge in [0, 0.05) is 25.0 Å². The molecular weight excluding hydrogens is 412 g/mol. The van der Waals surface area contributed by atoms with E-state index in [2.05, 4.69) is 34.9 Å². The number of rotatable bonds is 7. The molecule has 3 atom stereocenters. The highest BCUT2D eigenvalue weighted by Gasteiger charge is 2.36. The van der Waals surface area contributed by atoms with E-state index in [4.69, 9.17) is 14.6 Å². The van der Waals surface area contributed by atoms with Gasteiger partial charge in [-0.2, -0.15) is 0 Å². The van der Waals surface area contributed by atoms with Crippen molar-refractivity contribution in [2.75, 3.05) is 19.8 Å². The number of ether oxygens (including phenoxy) is 2. The van der Waals surface area contributed by atoms with Gasteiger partial charge in [-0.05, 0) is 35.6 Å². The van der Waals surface area contributed by atoms with E-state index < -0.39 is 30.1 Å². The Morgan fingerprint density at radius 1 is 1.09 bits per heavy atom. The smallest absolute Gasteiger partial charge is 0.407 e. The summed E-state index contributed by atoms with van der Waals surface area (Å²) in [6.45, 7) is 2.17. The molecule has 8 heteroatoms. The van der Waals surface area contributed by atoms with Gasteiger partial charge in [0.05, 0.1) is 0 Å². The topological polar surface area (TPSA) is 114 Å². The molecule has 0 saturated carbocycles. The summed E-state index contributed by atoms with van der Waals surface area (Å²) >= 11 is 0. The Morgan fingerprint density at radius 2 is 1.72 bits per heavy atom. The lowest BCUT2D eigenvalue weighted by atomic mass is 9.98. The molecule has 2 amide bonds. The number of carboxylic acids is 1. The zero-order valence-electron chi connectivity index (χ0n) is 17.7. The van der Waals surface area contributed by atoms with Crippen LogP contribution in [-0.2, 0) is 19.1 Å². The van der Waals surface area contributed by atoms with Gasteiger partial charge < -0.3 is 25.2 Å². The van der Waals surface area contributed by atoms with E-state index in [0.29, 0.717) is 13.0 Å². The number of carbonyl (C=O) groups excluding carboxylic acids is 2. The fourth-order valence-electron chi connectivity index (χ4n) is 4.35. The number of carboxylic acid groups (broad SMARTS) is 1. The number of fused-ring (bicyclic) bond motifs is 3. The van der Waals surface area contributed by atoms with Crippen LogP contribution in [0.3, 0.4) is 0 Å². The first-order valence-corrected chi connectivity index (χ1v) is 10.7. The van der Waals surface area contributed by atoms with Crippen LogP contribution in [0.4, 0.5) is 4.79 Å². The number of aliphatic carboxylic acids is 1. The molecule has 3 N–H and O–H groups in total. The van der Waals surface area contributed by atoms with Crippen LogP contribution in [0, 0.1) is 5.92 Å². The van der Waals surface area contributed by atoms with Gasteiger partial charge in [-0.25, -0.2) is 4.79 Å². The SMILES string of the molecule is C[C@@H](NC(=O)[C@@H]1OCC[C@@H]1CNC(=O)OCC1c2ccccc2-c2ccccc21)C(=O)O. The van der Waals surface area contributed by atoms with Gasteiger partial charge in [-0.15, -0.1) is 0 Å². The summed E-state index contributed by atoms with van der Waals surface area (Å²) in [4.78, 5) is 35.6. The monoisotopic (exact) mass is 438 g/mol. The molecule has 1 fully saturated rings. The van der Waals surface area contributed by atoms with Gasteiger partial charge in [-0.1, -0.05) is 48.5 Å². The van der Waals surface area contributed by atoms with Crippen LogP contribution < -0.4 is 10.6 Å². The van der Waals surface area contributed by atoms with E-state index >= 15 is 0 Å². The quantitative estimate of drug-likeness (QED) is 0.612. The van der Waals surface area contributed by atoms with Crippen molar-refractivity contribution in [3.63, 3.8) is 0 Å².